The van der Waals surface area contributed by atoms with Gasteiger partial charge in [0.1, 0.15) is 11.4 Å². The highest BCUT2D eigenvalue weighted by Crippen LogP contribution is 2.25. The minimum absolute atomic E-state index is 0.0915. The summed E-state index contributed by atoms with van der Waals surface area (Å²) in [5.74, 6) is 0.715. The second-order valence-electron chi connectivity index (χ2n) is 7.52. The molecule has 2 N–H and O–H groups in total. The van der Waals surface area contributed by atoms with Crippen LogP contribution in [0.3, 0.4) is 0 Å². The first-order valence-corrected chi connectivity index (χ1v) is 7.50. The normalized spacial score (nSPS) is 12.5. The molecular weight excluding hydrogens is 278 g/mol. The molecule has 0 fully saturated rings. The lowest BCUT2D eigenvalue weighted by atomic mass is 9.87. The zero-order chi connectivity index (χ0) is 16.5. The number of rotatable bonds is 2. The number of nitrogens with one attached hydrogen (secondary N) is 2. The van der Waals surface area contributed by atoms with Gasteiger partial charge >= 0.3 is 6.09 Å². The summed E-state index contributed by atoms with van der Waals surface area (Å²) in [7, 11) is 0. The van der Waals surface area contributed by atoms with Gasteiger partial charge in [-0.3, -0.25) is 0 Å². The van der Waals surface area contributed by atoms with E-state index in [9.17, 15) is 4.79 Å². The van der Waals surface area contributed by atoms with Crippen LogP contribution in [0, 0.1) is 0 Å². The number of aromatic nitrogens is 2. The van der Waals surface area contributed by atoms with Crippen molar-refractivity contribution in [1.82, 2.24) is 15.3 Å². The van der Waals surface area contributed by atoms with Gasteiger partial charge in [0.2, 0.25) is 0 Å². The number of ether oxygens (including phenoxy) is 1. The number of benzene rings is 1. The van der Waals surface area contributed by atoms with Crippen molar-refractivity contribution in [3.05, 3.63) is 29.6 Å². The largest absolute Gasteiger partial charge is 0.444 e. The fourth-order valence-corrected chi connectivity index (χ4v) is 2.08. The van der Waals surface area contributed by atoms with E-state index < -0.39 is 11.7 Å². The van der Waals surface area contributed by atoms with E-state index in [1.807, 2.05) is 26.8 Å². The predicted molar refractivity (Wildman–Crippen MR) is 87.9 cm³/mol. The average molecular weight is 303 g/mol. The number of alkyl carbamates (subject to hydrolysis) is 1. The van der Waals surface area contributed by atoms with Crippen molar-refractivity contribution < 1.29 is 9.53 Å². The van der Waals surface area contributed by atoms with Crippen LogP contribution in [0.15, 0.2) is 18.2 Å². The van der Waals surface area contributed by atoms with Crippen LogP contribution in [0.2, 0.25) is 0 Å². The molecule has 0 saturated heterocycles. The molecule has 0 spiro atoms. The van der Waals surface area contributed by atoms with E-state index in [4.69, 9.17) is 4.74 Å². The zero-order valence-electron chi connectivity index (χ0n) is 14.2. The minimum atomic E-state index is -0.500. The highest BCUT2D eigenvalue weighted by molar-refractivity contribution is 5.76. The predicted octanol–water partition coefficient (Wildman–Crippen LogP) is 3.89. The Morgan fingerprint density at radius 3 is 2.50 bits per heavy atom. The van der Waals surface area contributed by atoms with Gasteiger partial charge in [0.05, 0.1) is 17.6 Å². The standard InChI is InChI=1S/C17H25N3O2/c1-16(2,3)11-7-8-12-13(9-11)20-14(19-12)10-18-15(21)22-17(4,5)6/h7-9H,10H2,1-6H3,(H,18,21)(H,19,20). The van der Waals surface area contributed by atoms with Crippen molar-refractivity contribution in [2.45, 2.75) is 59.1 Å². The molecule has 0 aliphatic heterocycles. The number of nitrogens with zero attached hydrogens (tertiary/aromatic N) is 1. The maximum Gasteiger partial charge on any atom is 0.408 e. The Bertz CT molecular complexity index is 675. The number of H-pyrrole nitrogens is 1. The van der Waals surface area contributed by atoms with E-state index in [-0.39, 0.29) is 5.41 Å². The second kappa shape index (κ2) is 5.63. The summed E-state index contributed by atoms with van der Waals surface area (Å²) in [5.41, 5.74) is 2.71. The van der Waals surface area contributed by atoms with E-state index in [2.05, 4.69) is 48.2 Å². The van der Waals surface area contributed by atoms with Crippen LogP contribution in [-0.2, 0) is 16.7 Å². The van der Waals surface area contributed by atoms with Crippen LogP contribution in [0.4, 0.5) is 4.79 Å². The number of imidazole rings is 1. The number of amides is 1. The quantitative estimate of drug-likeness (QED) is 0.884. The smallest absolute Gasteiger partial charge is 0.408 e. The van der Waals surface area contributed by atoms with Crippen molar-refractivity contribution >= 4 is 17.1 Å². The number of fused-ring (bicyclic) bond motifs is 1. The summed E-state index contributed by atoms with van der Waals surface area (Å²) in [6, 6.07) is 6.21. The molecule has 5 heteroatoms. The maximum absolute atomic E-state index is 11.7. The van der Waals surface area contributed by atoms with Crippen LogP contribution >= 0.6 is 0 Å². The summed E-state index contributed by atoms with van der Waals surface area (Å²) in [6.45, 7) is 12.3. The third-order valence-electron chi connectivity index (χ3n) is 3.20. The molecule has 0 atom stereocenters. The summed E-state index contributed by atoms with van der Waals surface area (Å²) < 4.78 is 5.21. The molecule has 1 aromatic carbocycles. The van der Waals surface area contributed by atoms with Crippen LogP contribution in [0.5, 0.6) is 0 Å². The van der Waals surface area contributed by atoms with E-state index in [1.54, 1.807) is 0 Å². The van der Waals surface area contributed by atoms with Crippen molar-refractivity contribution in [2.24, 2.45) is 0 Å². The van der Waals surface area contributed by atoms with E-state index in [0.29, 0.717) is 12.4 Å². The fraction of sp³-hybridized carbons (Fsp3) is 0.529. The monoisotopic (exact) mass is 303 g/mol. The molecule has 5 nitrogen and oxygen atoms in total. The van der Waals surface area contributed by atoms with Gasteiger partial charge in [0.25, 0.3) is 0 Å². The van der Waals surface area contributed by atoms with Gasteiger partial charge in [-0.25, -0.2) is 9.78 Å². The third kappa shape index (κ3) is 4.23. The van der Waals surface area contributed by atoms with Crippen molar-refractivity contribution in [3.8, 4) is 0 Å². The number of carbonyl (C=O) groups is 1. The van der Waals surface area contributed by atoms with Gasteiger partial charge in [-0.1, -0.05) is 26.8 Å². The Labute approximate surface area is 131 Å². The van der Waals surface area contributed by atoms with Gasteiger partial charge in [0.15, 0.2) is 0 Å². The highest BCUT2D eigenvalue weighted by atomic mass is 16.6. The highest BCUT2D eigenvalue weighted by Gasteiger charge is 2.17. The average Bonchev–Trinajstić information content (AvgIpc) is 2.74. The molecule has 2 aromatic rings. The molecule has 0 bridgehead atoms. The van der Waals surface area contributed by atoms with Crippen molar-refractivity contribution in [2.75, 3.05) is 0 Å². The van der Waals surface area contributed by atoms with E-state index in [1.165, 1.54) is 5.56 Å². The molecule has 120 valence electrons. The van der Waals surface area contributed by atoms with Crippen LogP contribution < -0.4 is 5.32 Å². The Balaban J connectivity index is 2.09. The molecular formula is C17H25N3O2. The molecule has 1 amide bonds. The maximum atomic E-state index is 11.7. The Morgan fingerprint density at radius 1 is 1.23 bits per heavy atom. The van der Waals surface area contributed by atoms with Gasteiger partial charge in [0, 0.05) is 0 Å². The summed E-state index contributed by atoms with van der Waals surface area (Å²) in [5, 5.41) is 2.71. The SMILES string of the molecule is CC(C)(C)OC(=O)NCc1nc2ccc(C(C)(C)C)cc2[nH]1. The number of hydrogen-bond donors (Lipinski definition) is 2. The van der Waals surface area contributed by atoms with Gasteiger partial charge < -0.3 is 15.0 Å². The second-order valence-corrected chi connectivity index (χ2v) is 7.52. The summed E-state index contributed by atoms with van der Waals surface area (Å²) >= 11 is 0. The van der Waals surface area contributed by atoms with Gasteiger partial charge in [-0.05, 0) is 43.9 Å². The topological polar surface area (TPSA) is 67.0 Å². The molecule has 1 heterocycles. The zero-order valence-corrected chi connectivity index (χ0v) is 14.2. The molecule has 1 aromatic heterocycles. The molecule has 2 rings (SSSR count). The first-order valence-electron chi connectivity index (χ1n) is 7.50. The molecule has 0 aliphatic carbocycles. The van der Waals surface area contributed by atoms with Crippen LogP contribution in [-0.4, -0.2) is 21.7 Å². The van der Waals surface area contributed by atoms with E-state index in [0.717, 1.165) is 11.0 Å². The Kier molecular flexibility index (Phi) is 4.18. The summed E-state index contributed by atoms with van der Waals surface area (Å²) in [6.07, 6.45) is -0.441. The molecule has 0 radical (unpaired) electrons. The van der Waals surface area contributed by atoms with E-state index >= 15 is 0 Å². The van der Waals surface area contributed by atoms with Crippen LogP contribution in [0.1, 0.15) is 52.9 Å². The number of carbonyl (C=O) groups excluding carboxylic acids is 1. The lowest BCUT2D eigenvalue weighted by Crippen LogP contribution is -2.32. The Hall–Kier alpha value is -2.04. The molecule has 0 aliphatic rings. The van der Waals surface area contributed by atoms with Crippen LogP contribution in [0.25, 0.3) is 11.0 Å². The summed E-state index contributed by atoms with van der Waals surface area (Å²) in [4.78, 5) is 19.4. The van der Waals surface area contributed by atoms with Gasteiger partial charge in [-0.15, -0.1) is 0 Å². The first-order chi connectivity index (χ1) is 10.0. The van der Waals surface area contributed by atoms with Crippen molar-refractivity contribution in [3.63, 3.8) is 0 Å². The minimum Gasteiger partial charge on any atom is -0.444 e. The lowest BCUT2D eigenvalue weighted by molar-refractivity contribution is 0.0522. The molecule has 0 saturated carbocycles. The van der Waals surface area contributed by atoms with Crippen molar-refractivity contribution in [1.29, 1.82) is 0 Å². The Morgan fingerprint density at radius 2 is 1.91 bits per heavy atom. The lowest BCUT2D eigenvalue weighted by Gasteiger charge is -2.19. The molecule has 0 unspecified atom stereocenters. The third-order valence-corrected chi connectivity index (χ3v) is 3.20. The molecule has 22 heavy (non-hydrogen) atoms. The number of aromatic amines is 1. The number of hydrogen-bond acceptors (Lipinski definition) is 3. The fourth-order valence-electron chi connectivity index (χ4n) is 2.08. The first kappa shape index (κ1) is 16.3. The van der Waals surface area contributed by atoms with Gasteiger partial charge in [-0.2, -0.15) is 0 Å².